The van der Waals surface area contributed by atoms with Crippen molar-refractivity contribution in [3.63, 3.8) is 0 Å². The Labute approximate surface area is 173 Å². The van der Waals surface area contributed by atoms with Crippen LogP contribution in [0.4, 0.5) is 0 Å². The quantitative estimate of drug-likeness (QED) is 0.472. The number of imidazole rings is 1. The van der Waals surface area contributed by atoms with E-state index in [-0.39, 0.29) is 11.7 Å². The predicted molar refractivity (Wildman–Crippen MR) is 110 cm³/mol. The van der Waals surface area contributed by atoms with Gasteiger partial charge in [0.05, 0.1) is 11.9 Å². The number of nitrogens with zero attached hydrogens (tertiary/aromatic N) is 4. The molecule has 0 bridgehead atoms. The highest BCUT2D eigenvalue weighted by atomic mass is 16.5. The molecule has 2 aromatic heterocycles. The van der Waals surface area contributed by atoms with Crippen molar-refractivity contribution in [3.8, 4) is 17.4 Å². The van der Waals surface area contributed by atoms with Gasteiger partial charge >= 0.3 is 0 Å². The van der Waals surface area contributed by atoms with Crippen LogP contribution in [-0.2, 0) is 13.1 Å². The summed E-state index contributed by atoms with van der Waals surface area (Å²) < 4.78 is 9.88. The summed E-state index contributed by atoms with van der Waals surface area (Å²) in [6, 6.07) is 15.2. The van der Waals surface area contributed by atoms with Gasteiger partial charge in [0.2, 0.25) is 5.88 Å². The Hall–Kier alpha value is -3.87. The topological polar surface area (TPSA) is 89.0 Å². The first kappa shape index (κ1) is 18.2. The van der Waals surface area contributed by atoms with Gasteiger partial charge in [-0.1, -0.05) is 36.4 Å². The number of aromatic nitrogens is 4. The van der Waals surface area contributed by atoms with Crippen LogP contribution in [-0.4, -0.2) is 24.2 Å². The molecule has 0 fully saturated rings. The van der Waals surface area contributed by atoms with Crippen molar-refractivity contribution in [2.75, 3.05) is 0 Å². The van der Waals surface area contributed by atoms with Crippen LogP contribution in [0.25, 0.3) is 0 Å². The van der Waals surface area contributed by atoms with Crippen molar-refractivity contribution in [2.45, 2.75) is 25.4 Å². The fraction of sp³-hybridized carbons (Fsp3) is 0.174. The molecule has 0 saturated heterocycles. The van der Waals surface area contributed by atoms with E-state index >= 15 is 0 Å². The lowest BCUT2D eigenvalue weighted by molar-refractivity contribution is 0.411. The molecular weight excluding hydrogens is 378 g/mol. The number of nitrogens with one attached hydrogen (secondary N) is 1. The average molecular weight is 399 g/mol. The molecule has 0 unspecified atom stereocenters. The van der Waals surface area contributed by atoms with Crippen molar-refractivity contribution in [1.29, 1.82) is 5.41 Å². The number of benzene rings is 2. The number of hydrogen-bond donors (Lipinski definition) is 2. The lowest BCUT2D eigenvalue weighted by atomic mass is 9.84. The first-order chi connectivity index (χ1) is 14.7. The molecule has 0 aliphatic carbocycles. The maximum Gasteiger partial charge on any atom is 0.228 e. The summed E-state index contributed by atoms with van der Waals surface area (Å²) in [6.45, 7) is 1.49. The van der Waals surface area contributed by atoms with Crippen LogP contribution in [0.2, 0.25) is 0 Å². The summed E-state index contributed by atoms with van der Waals surface area (Å²) in [4.78, 5) is 8.59. The number of fused-ring (bicyclic) bond motifs is 2. The number of rotatable bonds is 5. The first-order valence-electron chi connectivity index (χ1n) is 9.86. The molecule has 4 aromatic rings. The van der Waals surface area contributed by atoms with Crippen molar-refractivity contribution < 1.29 is 9.84 Å². The van der Waals surface area contributed by atoms with Gasteiger partial charge in [-0.3, -0.25) is 5.41 Å². The molecule has 1 atom stereocenters. The van der Waals surface area contributed by atoms with Gasteiger partial charge in [-0.15, -0.1) is 0 Å². The number of phenols is 1. The molecule has 1 aliphatic heterocycles. The standard InChI is InChI=1S/C23H21N5O2/c24-22-21-20(16-5-2-1-3-6-16)18-8-7-17(29)13-19(18)30-23(21)26-15-28(22)11-4-10-27-12-9-25-14-27/h1-3,5-9,12-15,20,24,29H,4,10-11H2/t20-/m0/s1. The predicted octanol–water partition coefficient (Wildman–Crippen LogP) is 3.64. The molecule has 3 heterocycles. The third-order valence-electron chi connectivity index (χ3n) is 5.40. The van der Waals surface area contributed by atoms with E-state index in [4.69, 9.17) is 10.1 Å². The Morgan fingerprint density at radius 1 is 1.07 bits per heavy atom. The summed E-state index contributed by atoms with van der Waals surface area (Å²) in [5, 5.41) is 18.8. The fourth-order valence-corrected chi connectivity index (χ4v) is 3.96. The Kier molecular flexibility index (Phi) is 4.55. The van der Waals surface area contributed by atoms with Crippen molar-refractivity contribution in [3.05, 3.63) is 95.8 Å². The summed E-state index contributed by atoms with van der Waals surface area (Å²) in [5.41, 5.74) is 3.10. The van der Waals surface area contributed by atoms with E-state index in [1.165, 1.54) is 0 Å². The minimum atomic E-state index is -0.188. The Morgan fingerprint density at radius 3 is 2.73 bits per heavy atom. The average Bonchev–Trinajstić information content (AvgIpc) is 3.28. The molecule has 0 spiro atoms. The monoisotopic (exact) mass is 399 g/mol. The van der Waals surface area contributed by atoms with Crippen LogP contribution in [0, 0.1) is 5.41 Å². The van der Waals surface area contributed by atoms with Gasteiger partial charge in [0.15, 0.2) is 0 Å². The molecule has 2 aromatic carbocycles. The molecule has 150 valence electrons. The summed E-state index contributed by atoms with van der Waals surface area (Å²) in [6.07, 6.45) is 8.01. The largest absolute Gasteiger partial charge is 0.508 e. The first-order valence-corrected chi connectivity index (χ1v) is 9.86. The van der Waals surface area contributed by atoms with Crippen molar-refractivity contribution in [2.24, 2.45) is 0 Å². The number of phenolic OH excluding ortho intramolecular Hbond substituents is 1. The van der Waals surface area contributed by atoms with Crippen LogP contribution in [0.1, 0.15) is 29.0 Å². The fourth-order valence-electron chi connectivity index (χ4n) is 3.96. The second-order valence-corrected chi connectivity index (χ2v) is 7.33. The minimum absolute atomic E-state index is 0.139. The van der Waals surface area contributed by atoms with Crippen LogP contribution in [0.3, 0.4) is 0 Å². The molecule has 7 nitrogen and oxygen atoms in total. The van der Waals surface area contributed by atoms with Crippen molar-refractivity contribution in [1.82, 2.24) is 19.1 Å². The third-order valence-corrected chi connectivity index (χ3v) is 5.40. The molecule has 0 radical (unpaired) electrons. The molecule has 1 aliphatic rings. The summed E-state index contributed by atoms with van der Waals surface area (Å²) in [5.74, 6) is 0.936. The second kappa shape index (κ2) is 7.51. The van der Waals surface area contributed by atoms with Crippen LogP contribution in [0.5, 0.6) is 17.4 Å². The molecule has 0 amide bonds. The minimum Gasteiger partial charge on any atom is -0.508 e. The number of ether oxygens (including phenoxy) is 1. The normalized spacial score (nSPS) is 14.6. The lowest BCUT2D eigenvalue weighted by Crippen LogP contribution is -2.30. The van der Waals surface area contributed by atoms with Crippen LogP contribution < -0.4 is 10.2 Å². The molecule has 5 rings (SSSR count). The van der Waals surface area contributed by atoms with Gasteiger partial charge in [0.1, 0.15) is 23.3 Å². The molecular formula is C23H21N5O2. The smallest absolute Gasteiger partial charge is 0.228 e. The highest BCUT2D eigenvalue weighted by molar-refractivity contribution is 5.57. The Balaban J connectivity index is 1.55. The summed E-state index contributed by atoms with van der Waals surface area (Å²) >= 11 is 0. The number of aryl methyl sites for hydroxylation is 2. The van der Waals surface area contributed by atoms with E-state index in [1.54, 1.807) is 31.0 Å². The zero-order valence-corrected chi connectivity index (χ0v) is 16.3. The van der Waals surface area contributed by atoms with Gasteiger partial charge in [-0.2, -0.15) is 0 Å². The maximum absolute atomic E-state index is 9.92. The van der Waals surface area contributed by atoms with Crippen LogP contribution in [0.15, 0.2) is 73.6 Å². The van der Waals surface area contributed by atoms with E-state index in [0.29, 0.717) is 23.7 Å². The molecule has 2 N–H and O–H groups in total. The zero-order chi connectivity index (χ0) is 20.5. The molecule has 30 heavy (non-hydrogen) atoms. The third kappa shape index (κ3) is 3.24. The van der Waals surface area contributed by atoms with E-state index in [2.05, 4.69) is 9.97 Å². The van der Waals surface area contributed by atoms with Gasteiger partial charge in [0.25, 0.3) is 0 Å². The summed E-state index contributed by atoms with van der Waals surface area (Å²) in [7, 11) is 0. The molecule has 0 saturated carbocycles. The van der Waals surface area contributed by atoms with Gasteiger partial charge in [0, 0.05) is 43.0 Å². The maximum atomic E-state index is 9.92. The van der Waals surface area contributed by atoms with E-state index in [9.17, 15) is 5.11 Å². The lowest BCUT2D eigenvalue weighted by Gasteiger charge is -2.28. The highest BCUT2D eigenvalue weighted by Gasteiger charge is 2.32. The second-order valence-electron chi connectivity index (χ2n) is 7.33. The van der Waals surface area contributed by atoms with Gasteiger partial charge in [-0.05, 0) is 18.1 Å². The van der Waals surface area contributed by atoms with E-state index < -0.39 is 0 Å². The van der Waals surface area contributed by atoms with E-state index in [1.807, 2.05) is 51.7 Å². The van der Waals surface area contributed by atoms with Crippen LogP contribution >= 0.6 is 0 Å². The Bertz CT molecular complexity index is 1230. The van der Waals surface area contributed by atoms with Gasteiger partial charge < -0.3 is 19.0 Å². The SMILES string of the molecule is N=c1c2c(ncn1CCCn1ccnc1)Oc1cc(O)ccc1[C@@H]2c1ccccc1. The van der Waals surface area contributed by atoms with E-state index in [0.717, 1.165) is 29.7 Å². The number of hydrogen-bond acceptors (Lipinski definition) is 5. The van der Waals surface area contributed by atoms with Crippen molar-refractivity contribution >= 4 is 0 Å². The number of aromatic hydroxyl groups is 1. The molecule has 7 heteroatoms. The Morgan fingerprint density at radius 2 is 1.93 bits per heavy atom. The zero-order valence-electron chi connectivity index (χ0n) is 16.3. The highest BCUT2D eigenvalue weighted by Crippen LogP contribution is 2.45. The van der Waals surface area contributed by atoms with Gasteiger partial charge in [-0.25, -0.2) is 9.97 Å².